The average molecular weight is 293 g/mol. The van der Waals surface area contributed by atoms with Gasteiger partial charge in [0.1, 0.15) is 0 Å². The van der Waals surface area contributed by atoms with Crippen LogP contribution in [0.4, 0.5) is 0 Å². The third-order valence-corrected chi connectivity index (χ3v) is 4.28. The molecule has 0 aliphatic carbocycles. The summed E-state index contributed by atoms with van der Waals surface area (Å²) in [7, 11) is 0. The zero-order valence-electron chi connectivity index (χ0n) is 12.0. The van der Waals surface area contributed by atoms with Crippen molar-refractivity contribution in [3.63, 3.8) is 0 Å². The van der Waals surface area contributed by atoms with Gasteiger partial charge in [-0.15, -0.1) is 0 Å². The predicted molar refractivity (Wildman–Crippen MR) is 74.1 cm³/mol. The highest BCUT2D eigenvalue weighted by Gasteiger charge is 2.30. The first-order valence-electron chi connectivity index (χ1n) is 7.09. The van der Waals surface area contributed by atoms with Gasteiger partial charge in [0.2, 0.25) is 12.7 Å². The summed E-state index contributed by atoms with van der Waals surface area (Å²) >= 11 is 0. The van der Waals surface area contributed by atoms with E-state index >= 15 is 0 Å². The number of aliphatic hydroxyl groups excluding tert-OH is 2. The van der Waals surface area contributed by atoms with Gasteiger partial charge in [0.05, 0.1) is 13.2 Å². The van der Waals surface area contributed by atoms with Crippen LogP contribution >= 0.6 is 0 Å². The number of amides is 1. The Morgan fingerprint density at radius 1 is 1.05 bits per heavy atom. The number of fused-ring (bicyclic) bond motifs is 2. The van der Waals surface area contributed by atoms with Gasteiger partial charge in [-0.2, -0.15) is 0 Å². The smallest absolute Gasteiger partial charge is 0.231 e. The highest BCUT2D eigenvalue weighted by atomic mass is 16.7. The molecule has 0 atom stereocenters. The third kappa shape index (κ3) is 2.24. The van der Waals surface area contributed by atoms with E-state index in [2.05, 4.69) is 0 Å². The molecule has 0 bridgehead atoms. The standard InChI is InChI=1S/C15H19NO5/c1-9(19)16-4-2-10-11(3-5-16)13(7-18)15-14(12(10)6-17)20-8-21-15/h17-18H,2-8H2,1H3. The van der Waals surface area contributed by atoms with E-state index in [0.29, 0.717) is 37.4 Å². The van der Waals surface area contributed by atoms with Crippen LogP contribution in [0, 0.1) is 0 Å². The Kier molecular flexibility index (Phi) is 3.73. The number of hydrogen-bond acceptors (Lipinski definition) is 5. The Hall–Kier alpha value is -1.79. The SMILES string of the molecule is CC(=O)N1CCc2c(c(CO)c3c(c2CO)OCO3)CC1. The maximum absolute atomic E-state index is 11.6. The van der Waals surface area contributed by atoms with Crippen molar-refractivity contribution in [1.82, 2.24) is 4.90 Å². The summed E-state index contributed by atoms with van der Waals surface area (Å²) in [6.07, 6.45) is 1.29. The maximum Gasteiger partial charge on any atom is 0.231 e. The fourth-order valence-corrected chi connectivity index (χ4v) is 3.22. The molecule has 2 aliphatic heterocycles. The monoisotopic (exact) mass is 293 g/mol. The molecule has 2 heterocycles. The van der Waals surface area contributed by atoms with Crippen LogP contribution in [0.2, 0.25) is 0 Å². The first kappa shape index (κ1) is 14.2. The Bertz CT molecular complexity index is 541. The van der Waals surface area contributed by atoms with Crippen molar-refractivity contribution in [3.8, 4) is 11.5 Å². The quantitative estimate of drug-likeness (QED) is 0.822. The normalized spacial score (nSPS) is 16.6. The zero-order chi connectivity index (χ0) is 15.0. The lowest BCUT2D eigenvalue weighted by Crippen LogP contribution is -2.31. The number of hydrogen-bond donors (Lipinski definition) is 2. The minimum absolute atomic E-state index is 0.0407. The lowest BCUT2D eigenvalue weighted by molar-refractivity contribution is -0.128. The summed E-state index contributed by atoms with van der Waals surface area (Å²) in [5.41, 5.74) is 3.41. The van der Waals surface area contributed by atoms with Crippen molar-refractivity contribution in [2.75, 3.05) is 19.9 Å². The molecule has 21 heavy (non-hydrogen) atoms. The molecule has 6 heteroatoms. The molecule has 0 saturated carbocycles. The highest BCUT2D eigenvalue weighted by Crippen LogP contribution is 2.44. The molecule has 0 fully saturated rings. The molecule has 2 aliphatic rings. The molecule has 0 saturated heterocycles. The second-order valence-electron chi connectivity index (χ2n) is 5.30. The third-order valence-electron chi connectivity index (χ3n) is 4.28. The summed E-state index contributed by atoms with van der Waals surface area (Å²) in [5.74, 6) is 1.12. The van der Waals surface area contributed by atoms with E-state index in [1.807, 2.05) is 0 Å². The lowest BCUT2D eigenvalue weighted by Gasteiger charge is -2.17. The fourth-order valence-electron chi connectivity index (χ4n) is 3.22. The van der Waals surface area contributed by atoms with Gasteiger partial charge < -0.3 is 24.6 Å². The van der Waals surface area contributed by atoms with Gasteiger partial charge >= 0.3 is 0 Å². The van der Waals surface area contributed by atoms with Crippen LogP contribution in [0.15, 0.2) is 0 Å². The van der Waals surface area contributed by atoms with E-state index in [4.69, 9.17) is 9.47 Å². The first-order valence-corrected chi connectivity index (χ1v) is 7.09. The summed E-state index contributed by atoms with van der Waals surface area (Å²) in [5, 5.41) is 19.4. The van der Waals surface area contributed by atoms with E-state index in [9.17, 15) is 15.0 Å². The summed E-state index contributed by atoms with van der Waals surface area (Å²) in [6.45, 7) is 2.61. The van der Waals surface area contributed by atoms with Crippen molar-refractivity contribution < 1.29 is 24.5 Å². The van der Waals surface area contributed by atoms with Crippen LogP contribution in [-0.2, 0) is 30.8 Å². The van der Waals surface area contributed by atoms with Crippen molar-refractivity contribution in [3.05, 3.63) is 22.3 Å². The topological polar surface area (TPSA) is 79.2 Å². The molecule has 0 aromatic heterocycles. The largest absolute Gasteiger partial charge is 0.453 e. The molecule has 1 aromatic rings. The van der Waals surface area contributed by atoms with Gasteiger partial charge in [0.25, 0.3) is 0 Å². The van der Waals surface area contributed by atoms with Crippen molar-refractivity contribution in [2.45, 2.75) is 33.0 Å². The Labute approximate surface area is 122 Å². The first-order chi connectivity index (χ1) is 10.2. The van der Waals surface area contributed by atoms with Gasteiger partial charge in [-0.3, -0.25) is 4.79 Å². The number of aliphatic hydroxyl groups is 2. The minimum atomic E-state index is -0.139. The minimum Gasteiger partial charge on any atom is -0.453 e. The van der Waals surface area contributed by atoms with Crippen LogP contribution in [0.5, 0.6) is 11.5 Å². The van der Waals surface area contributed by atoms with Crippen LogP contribution in [0.25, 0.3) is 0 Å². The second kappa shape index (κ2) is 5.54. The van der Waals surface area contributed by atoms with Crippen LogP contribution < -0.4 is 9.47 Å². The maximum atomic E-state index is 11.6. The van der Waals surface area contributed by atoms with Crippen LogP contribution in [0.3, 0.4) is 0 Å². The molecule has 0 radical (unpaired) electrons. The summed E-state index contributed by atoms with van der Waals surface area (Å²) < 4.78 is 10.9. The van der Waals surface area contributed by atoms with E-state index < -0.39 is 0 Å². The van der Waals surface area contributed by atoms with Crippen LogP contribution in [-0.4, -0.2) is 40.9 Å². The van der Waals surface area contributed by atoms with Crippen molar-refractivity contribution in [1.29, 1.82) is 0 Å². The number of benzene rings is 1. The Morgan fingerprint density at radius 3 is 1.90 bits per heavy atom. The molecule has 1 aromatic carbocycles. The second-order valence-corrected chi connectivity index (χ2v) is 5.30. The number of nitrogens with zero attached hydrogens (tertiary/aromatic N) is 1. The predicted octanol–water partition coefficient (Wildman–Crippen LogP) is 0.347. The number of ether oxygens (including phenoxy) is 2. The van der Waals surface area contributed by atoms with Gasteiger partial charge in [0.15, 0.2) is 11.5 Å². The number of carbonyl (C=O) groups excluding carboxylic acids is 1. The molecule has 0 unspecified atom stereocenters. The van der Waals surface area contributed by atoms with E-state index in [-0.39, 0.29) is 25.9 Å². The highest BCUT2D eigenvalue weighted by molar-refractivity contribution is 5.73. The summed E-state index contributed by atoms with van der Waals surface area (Å²) in [4.78, 5) is 13.4. The molecule has 1 amide bonds. The van der Waals surface area contributed by atoms with Crippen molar-refractivity contribution in [2.24, 2.45) is 0 Å². The van der Waals surface area contributed by atoms with E-state index in [1.165, 1.54) is 0 Å². The number of rotatable bonds is 2. The lowest BCUT2D eigenvalue weighted by atomic mass is 9.91. The Balaban J connectivity index is 2.12. The summed E-state index contributed by atoms with van der Waals surface area (Å²) in [6, 6.07) is 0. The average Bonchev–Trinajstić information content (AvgIpc) is 2.83. The van der Waals surface area contributed by atoms with E-state index in [1.54, 1.807) is 11.8 Å². The van der Waals surface area contributed by atoms with Gasteiger partial charge in [-0.05, 0) is 24.0 Å². The van der Waals surface area contributed by atoms with Gasteiger partial charge in [0, 0.05) is 31.1 Å². The molecule has 2 N–H and O–H groups in total. The molecular formula is C15H19NO5. The zero-order valence-corrected chi connectivity index (χ0v) is 12.0. The molecule has 114 valence electrons. The van der Waals surface area contributed by atoms with Crippen molar-refractivity contribution >= 4 is 5.91 Å². The molecule has 3 rings (SSSR count). The van der Waals surface area contributed by atoms with Crippen LogP contribution in [0.1, 0.15) is 29.2 Å². The van der Waals surface area contributed by atoms with Gasteiger partial charge in [-0.1, -0.05) is 0 Å². The fraction of sp³-hybridized carbons (Fsp3) is 0.533. The molecular weight excluding hydrogens is 274 g/mol. The number of carbonyl (C=O) groups is 1. The Morgan fingerprint density at radius 2 is 1.52 bits per heavy atom. The van der Waals surface area contributed by atoms with Gasteiger partial charge in [-0.25, -0.2) is 0 Å². The molecule has 6 nitrogen and oxygen atoms in total. The van der Waals surface area contributed by atoms with E-state index in [0.717, 1.165) is 22.3 Å². The molecule has 0 spiro atoms.